The molecular weight excluding hydrogens is 234 g/mol. The van der Waals surface area contributed by atoms with Gasteiger partial charge in [0.25, 0.3) is 5.69 Å². The molecule has 0 atom stereocenters. The summed E-state index contributed by atoms with van der Waals surface area (Å²) in [4.78, 5) is 11.0. The molecule has 1 heterocycles. The molecule has 1 amide bonds. The number of aromatic nitrogens is 2. The number of carbonyl (C=O) groups is 1. The second kappa shape index (κ2) is 5.95. The van der Waals surface area contributed by atoms with E-state index in [2.05, 4.69) is 10.6 Å². The van der Waals surface area contributed by atoms with Gasteiger partial charge in [0, 0.05) is 19.8 Å². The number of rotatable bonds is 3. The molecule has 0 aromatic carbocycles. The van der Waals surface area contributed by atoms with Gasteiger partial charge in [0.15, 0.2) is 6.04 Å². The van der Waals surface area contributed by atoms with Crippen LogP contribution < -0.4 is 10.00 Å². The molecule has 1 aliphatic rings. The summed E-state index contributed by atoms with van der Waals surface area (Å²) in [7, 11) is 0. The highest BCUT2D eigenvalue weighted by atomic mass is 16.5. The van der Waals surface area contributed by atoms with Crippen molar-refractivity contribution >= 4 is 11.8 Å². The van der Waals surface area contributed by atoms with Crippen molar-refractivity contribution in [1.29, 1.82) is 0 Å². The van der Waals surface area contributed by atoms with E-state index in [0.717, 1.165) is 12.8 Å². The Morgan fingerprint density at radius 2 is 2.11 bits per heavy atom. The van der Waals surface area contributed by atoms with Crippen LogP contribution in [0.4, 0.5) is 5.88 Å². The van der Waals surface area contributed by atoms with Crippen LogP contribution >= 0.6 is 0 Å². The fraction of sp³-hybridized carbons (Fsp3) is 0.750. The van der Waals surface area contributed by atoms with Crippen LogP contribution in [0.25, 0.3) is 0 Å². The molecule has 2 N–H and O–H groups in total. The van der Waals surface area contributed by atoms with Crippen molar-refractivity contribution in [2.24, 2.45) is 0 Å². The smallest absolute Gasteiger partial charge is 0.308 e. The summed E-state index contributed by atoms with van der Waals surface area (Å²) in [6.45, 7) is 1.22. The van der Waals surface area contributed by atoms with Crippen LogP contribution in [0.5, 0.6) is 0 Å². The first-order chi connectivity index (χ1) is 8.72. The van der Waals surface area contributed by atoms with E-state index in [1.807, 2.05) is 0 Å². The fourth-order valence-corrected chi connectivity index (χ4v) is 2.48. The summed E-state index contributed by atoms with van der Waals surface area (Å²) in [6.07, 6.45) is 6.94. The lowest BCUT2D eigenvalue weighted by molar-refractivity contribution is -0.793. The van der Waals surface area contributed by atoms with Crippen LogP contribution in [0.3, 0.4) is 0 Å². The number of anilines is 1. The third kappa shape index (κ3) is 2.87. The van der Waals surface area contributed by atoms with Gasteiger partial charge in [0.2, 0.25) is 11.2 Å². The van der Waals surface area contributed by atoms with Gasteiger partial charge in [-0.2, -0.15) is 0 Å². The molecule has 0 saturated heterocycles. The lowest BCUT2D eigenvalue weighted by atomic mass is 10.1. The van der Waals surface area contributed by atoms with Gasteiger partial charge in [-0.25, -0.2) is 0 Å². The molecule has 1 saturated carbocycles. The summed E-state index contributed by atoms with van der Waals surface area (Å²) in [6, 6.07) is 0.265. The molecule has 2 rings (SSSR count). The van der Waals surface area contributed by atoms with Gasteiger partial charge in [-0.1, -0.05) is 12.8 Å². The lowest BCUT2D eigenvalue weighted by Crippen LogP contribution is -2.44. The standard InChI is InChI=1S/C12H19N3O3/c1-9(17)13-12-11(8-16)15(14-18-12)10-6-4-2-3-5-7-10/h10,16H,2-8H2,1H3/p+1. The second-order valence-electron chi connectivity index (χ2n) is 4.78. The second-order valence-corrected chi connectivity index (χ2v) is 4.78. The zero-order valence-corrected chi connectivity index (χ0v) is 10.7. The maximum atomic E-state index is 11.0. The van der Waals surface area contributed by atoms with Crippen LogP contribution in [-0.4, -0.2) is 16.3 Å². The number of carbonyl (C=O) groups excluding carboxylic acids is 1. The molecular formula is C12H20N3O3+. The Balaban J connectivity index is 2.20. The van der Waals surface area contributed by atoms with Gasteiger partial charge in [0.1, 0.15) is 6.61 Å². The number of amides is 1. The van der Waals surface area contributed by atoms with Crippen LogP contribution in [0.2, 0.25) is 0 Å². The number of nitrogens with zero attached hydrogens (tertiary/aromatic N) is 2. The van der Waals surface area contributed by atoms with Crippen molar-refractivity contribution in [3.63, 3.8) is 0 Å². The first-order valence-corrected chi connectivity index (χ1v) is 6.51. The van der Waals surface area contributed by atoms with E-state index in [1.54, 1.807) is 4.68 Å². The van der Waals surface area contributed by atoms with E-state index in [1.165, 1.54) is 32.6 Å². The average molecular weight is 254 g/mol. The maximum absolute atomic E-state index is 11.0. The number of nitrogens with one attached hydrogen (secondary N) is 1. The molecule has 0 bridgehead atoms. The first-order valence-electron chi connectivity index (χ1n) is 6.51. The largest absolute Gasteiger partial charge is 0.385 e. The maximum Gasteiger partial charge on any atom is 0.308 e. The number of hydrogen-bond donors (Lipinski definition) is 2. The number of hydrogen-bond acceptors (Lipinski definition) is 4. The summed E-state index contributed by atoms with van der Waals surface area (Å²) in [5.74, 6) is 0.0307. The summed E-state index contributed by atoms with van der Waals surface area (Å²) >= 11 is 0. The molecule has 6 heteroatoms. The Kier molecular flexibility index (Phi) is 4.30. The number of aliphatic hydroxyl groups excluding tert-OH is 1. The molecule has 1 fully saturated rings. The highest BCUT2D eigenvalue weighted by Gasteiger charge is 2.32. The van der Waals surface area contributed by atoms with E-state index in [4.69, 9.17) is 4.52 Å². The van der Waals surface area contributed by atoms with E-state index in [-0.39, 0.29) is 24.4 Å². The van der Waals surface area contributed by atoms with Crippen molar-refractivity contribution in [3.05, 3.63) is 5.69 Å². The average Bonchev–Trinajstić information content (AvgIpc) is 2.57. The van der Waals surface area contributed by atoms with Gasteiger partial charge in [-0.05, 0) is 17.5 Å². The molecule has 1 aromatic heterocycles. The molecule has 0 unspecified atom stereocenters. The predicted octanol–water partition coefficient (Wildman–Crippen LogP) is 1.31. The summed E-state index contributed by atoms with van der Waals surface area (Å²) < 4.78 is 6.85. The van der Waals surface area contributed by atoms with E-state index < -0.39 is 0 Å². The molecule has 100 valence electrons. The highest BCUT2D eigenvalue weighted by Crippen LogP contribution is 2.24. The number of aliphatic hydroxyl groups is 1. The Labute approximate surface area is 106 Å². The van der Waals surface area contributed by atoms with Crippen molar-refractivity contribution in [3.8, 4) is 0 Å². The van der Waals surface area contributed by atoms with Gasteiger partial charge >= 0.3 is 5.88 Å². The van der Waals surface area contributed by atoms with Crippen molar-refractivity contribution < 1.29 is 19.1 Å². The molecule has 1 aliphatic carbocycles. The SMILES string of the molecule is CC(=O)Nc1on[n+](C2CCCCCC2)c1CO. The topological polar surface area (TPSA) is 79.2 Å². The molecule has 0 spiro atoms. The van der Waals surface area contributed by atoms with E-state index >= 15 is 0 Å². The van der Waals surface area contributed by atoms with E-state index in [0.29, 0.717) is 5.69 Å². The van der Waals surface area contributed by atoms with Crippen molar-refractivity contribution in [1.82, 2.24) is 5.27 Å². The van der Waals surface area contributed by atoms with Gasteiger partial charge in [-0.3, -0.25) is 14.6 Å². The summed E-state index contributed by atoms with van der Waals surface area (Å²) in [5.41, 5.74) is 0.553. The Hall–Kier alpha value is -1.43. The Morgan fingerprint density at radius 3 is 2.67 bits per heavy atom. The molecule has 18 heavy (non-hydrogen) atoms. The van der Waals surface area contributed by atoms with Gasteiger partial charge in [-0.15, -0.1) is 0 Å². The minimum atomic E-state index is -0.228. The van der Waals surface area contributed by atoms with Crippen LogP contribution in [0.1, 0.15) is 57.2 Å². The third-order valence-corrected chi connectivity index (χ3v) is 3.37. The minimum Gasteiger partial charge on any atom is -0.385 e. The van der Waals surface area contributed by atoms with Crippen LogP contribution in [0.15, 0.2) is 4.52 Å². The first kappa shape index (κ1) is 13.0. The normalized spacial score (nSPS) is 17.4. The Morgan fingerprint density at radius 1 is 1.44 bits per heavy atom. The zero-order chi connectivity index (χ0) is 13.0. The van der Waals surface area contributed by atoms with Crippen molar-refractivity contribution in [2.75, 3.05) is 5.32 Å². The van der Waals surface area contributed by atoms with Crippen LogP contribution in [-0.2, 0) is 11.4 Å². The Bertz CT molecular complexity index is 409. The molecule has 0 radical (unpaired) electrons. The van der Waals surface area contributed by atoms with Crippen molar-refractivity contribution in [2.45, 2.75) is 58.1 Å². The fourth-order valence-electron chi connectivity index (χ4n) is 2.48. The predicted molar refractivity (Wildman–Crippen MR) is 63.7 cm³/mol. The van der Waals surface area contributed by atoms with E-state index in [9.17, 15) is 9.90 Å². The molecule has 6 nitrogen and oxygen atoms in total. The minimum absolute atomic E-state index is 0.185. The van der Waals surface area contributed by atoms with Crippen LogP contribution in [0, 0.1) is 0 Å². The molecule has 0 aliphatic heterocycles. The molecule has 1 aromatic rings. The lowest BCUT2D eigenvalue weighted by Gasteiger charge is -2.04. The summed E-state index contributed by atoms with van der Waals surface area (Å²) in [5, 5.41) is 16.0. The highest BCUT2D eigenvalue weighted by molar-refractivity contribution is 5.87. The van der Waals surface area contributed by atoms with Gasteiger partial charge < -0.3 is 5.11 Å². The third-order valence-electron chi connectivity index (χ3n) is 3.37. The monoisotopic (exact) mass is 254 g/mol. The quantitative estimate of drug-likeness (QED) is 0.629. The zero-order valence-electron chi connectivity index (χ0n) is 10.7. The van der Waals surface area contributed by atoms with Gasteiger partial charge in [0.05, 0.1) is 0 Å².